The fraction of sp³-hybridized carbons (Fsp3) is 0. The van der Waals surface area contributed by atoms with Crippen LogP contribution in [0.2, 0.25) is 0 Å². The summed E-state index contributed by atoms with van der Waals surface area (Å²) < 4.78 is 6.05. The second-order valence-corrected chi connectivity index (χ2v) is 5.77. The zero-order valence-electron chi connectivity index (χ0n) is 12.9. The van der Waals surface area contributed by atoms with Gasteiger partial charge in [-0.25, -0.2) is 4.98 Å². The van der Waals surface area contributed by atoms with Gasteiger partial charge in [0.2, 0.25) is 5.89 Å². The largest absolute Gasteiger partial charge is 0.436 e. The maximum atomic E-state index is 6.05. The number of aromatic amines is 1. The van der Waals surface area contributed by atoms with Gasteiger partial charge in [-0.1, -0.05) is 60.7 Å². The Morgan fingerprint density at radius 3 is 2.38 bits per heavy atom. The highest BCUT2D eigenvalue weighted by molar-refractivity contribution is 6.02. The number of aromatic nitrogens is 2. The predicted octanol–water partition coefficient (Wildman–Crippen LogP) is 5.64. The Morgan fingerprint density at radius 2 is 1.50 bits per heavy atom. The van der Waals surface area contributed by atoms with Crippen LogP contribution in [0.15, 0.2) is 83.3 Å². The highest BCUT2D eigenvalue weighted by Crippen LogP contribution is 2.38. The molecule has 1 N–H and O–H groups in total. The predicted molar refractivity (Wildman–Crippen MR) is 96.7 cm³/mol. The van der Waals surface area contributed by atoms with Gasteiger partial charge in [0.25, 0.3) is 0 Å². The van der Waals surface area contributed by atoms with Gasteiger partial charge in [0.1, 0.15) is 5.52 Å². The molecule has 0 fully saturated rings. The van der Waals surface area contributed by atoms with Crippen molar-refractivity contribution in [2.75, 3.05) is 0 Å². The first-order chi connectivity index (χ1) is 11.9. The maximum Gasteiger partial charge on any atom is 0.230 e. The van der Waals surface area contributed by atoms with Crippen molar-refractivity contribution in [1.29, 1.82) is 0 Å². The number of nitrogens with zero attached hydrogens (tertiary/aromatic N) is 1. The molecule has 0 aliphatic carbocycles. The molecule has 2 aromatic heterocycles. The molecular formula is C21H14N2O. The van der Waals surface area contributed by atoms with E-state index in [1.54, 1.807) is 0 Å². The summed E-state index contributed by atoms with van der Waals surface area (Å²) in [7, 11) is 0. The van der Waals surface area contributed by atoms with Crippen LogP contribution in [0.1, 0.15) is 0 Å². The van der Waals surface area contributed by atoms with Gasteiger partial charge in [0.05, 0.1) is 11.3 Å². The topological polar surface area (TPSA) is 41.8 Å². The molecule has 0 bridgehead atoms. The summed E-state index contributed by atoms with van der Waals surface area (Å²) in [4.78, 5) is 8.23. The smallest absolute Gasteiger partial charge is 0.230 e. The van der Waals surface area contributed by atoms with Crippen molar-refractivity contribution >= 4 is 22.0 Å². The lowest BCUT2D eigenvalue weighted by Crippen LogP contribution is -1.82. The number of hydrogen-bond donors (Lipinski definition) is 1. The quantitative estimate of drug-likeness (QED) is 0.458. The minimum atomic E-state index is 0.646. The summed E-state index contributed by atoms with van der Waals surface area (Å²) in [5.41, 5.74) is 5.91. The van der Waals surface area contributed by atoms with Crippen LogP contribution in [-0.4, -0.2) is 9.97 Å². The average Bonchev–Trinajstić information content (AvgIpc) is 3.23. The fourth-order valence-electron chi connectivity index (χ4n) is 3.16. The molecular weight excluding hydrogens is 296 g/mol. The first-order valence-corrected chi connectivity index (χ1v) is 7.92. The van der Waals surface area contributed by atoms with E-state index in [-0.39, 0.29) is 0 Å². The third-order valence-corrected chi connectivity index (χ3v) is 4.28. The molecule has 3 nitrogen and oxygen atoms in total. The Labute approximate surface area is 138 Å². The minimum Gasteiger partial charge on any atom is -0.436 e. The number of benzene rings is 3. The third kappa shape index (κ3) is 1.95. The van der Waals surface area contributed by atoms with Crippen LogP contribution in [-0.2, 0) is 0 Å². The summed E-state index contributed by atoms with van der Waals surface area (Å²) in [6.45, 7) is 0. The Hall–Kier alpha value is -3.33. The molecule has 0 aliphatic rings. The molecule has 0 saturated heterocycles. The molecule has 114 valence electrons. The molecule has 3 aromatic carbocycles. The average molecular weight is 310 g/mol. The van der Waals surface area contributed by atoms with Crippen LogP contribution >= 0.6 is 0 Å². The molecule has 0 unspecified atom stereocenters. The van der Waals surface area contributed by atoms with E-state index in [1.807, 2.05) is 54.6 Å². The second-order valence-electron chi connectivity index (χ2n) is 5.77. The SMILES string of the molecule is c1ccc(-c2[nH]c3ccccc3c2-c2nc3ccccc3o2)cc1. The van der Waals surface area contributed by atoms with E-state index in [9.17, 15) is 0 Å². The molecule has 0 radical (unpaired) electrons. The third-order valence-electron chi connectivity index (χ3n) is 4.28. The van der Waals surface area contributed by atoms with Crippen LogP contribution in [0.25, 0.3) is 44.7 Å². The van der Waals surface area contributed by atoms with Gasteiger partial charge in [-0.2, -0.15) is 0 Å². The van der Waals surface area contributed by atoms with Crippen molar-refractivity contribution in [3.05, 3.63) is 78.9 Å². The Kier molecular flexibility index (Phi) is 2.79. The summed E-state index contributed by atoms with van der Waals surface area (Å²) in [6.07, 6.45) is 0. The lowest BCUT2D eigenvalue weighted by atomic mass is 10.1. The normalized spacial score (nSPS) is 11.3. The van der Waals surface area contributed by atoms with E-state index in [2.05, 4.69) is 29.2 Å². The van der Waals surface area contributed by atoms with Crippen LogP contribution in [0, 0.1) is 0 Å². The lowest BCUT2D eigenvalue weighted by molar-refractivity contribution is 0.621. The van der Waals surface area contributed by atoms with Crippen molar-refractivity contribution in [2.45, 2.75) is 0 Å². The maximum absolute atomic E-state index is 6.05. The highest BCUT2D eigenvalue weighted by atomic mass is 16.3. The van der Waals surface area contributed by atoms with Crippen molar-refractivity contribution in [3.63, 3.8) is 0 Å². The van der Waals surface area contributed by atoms with Crippen LogP contribution in [0.5, 0.6) is 0 Å². The van der Waals surface area contributed by atoms with Crippen molar-refractivity contribution < 1.29 is 4.42 Å². The van der Waals surface area contributed by atoms with Crippen molar-refractivity contribution in [1.82, 2.24) is 9.97 Å². The first-order valence-electron chi connectivity index (χ1n) is 7.92. The monoisotopic (exact) mass is 310 g/mol. The Morgan fingerprint density at radius 1 is 0.750 bits per heavy atom. The summed E-state index contributed by atoms with van der Waals surface area (Å²) in [5.74, 6) is 0.646. The standard InChI is InChI=1S/C21H14N2O/c1-2-8-14(9-3-1)20-19(15-10-4-5-11-16(15)22-20)21-23-17-12-6-7-13-18(17)24-21/h1-13,22H. The van der Waals surface area contributed by atoms with Gasteiger partial charge < -0.3 is 9.40 Å². The first kappa shape index (κ1) is 13.1. The van der Waals surface area contributed by atoms with Crippen molar-refractivity contribution in [2.24, 2.45) is 0 Å². The van der Waals surface area contributed by atoms with E-state index in [4.69, 9.17) is 9.40 Å². The molecule has 5 rings (SSSR count). The van der Waals surface area contributed by atoms with Gasteiger partial charge >= 0.3 is 0 Å². The fourth-order valence-corrected chi connectivity index (χ4v) is 3.16. The number of H-pyrrole nitrogens is 1. The number of para-hydroxylation sites is 3. The Balaban J connectivity index is 1.86. The molecule has 0 spiro atoms. The molecule has 0 atom stereocenters. The number of nitrogens with one attached hydrogen (secondary N) is 1. The zero-order chi connectivity index (χ0) is 15.9. The summed E-state index contributed by atoms with van der Waals surface area (Å²) in [5, 5.41) is 1.11. The molecule has 0 saturated carbocycles. The van der Waals surface area contributed by atoms with Gasteiger partial charge in [-0.05, 0) is 23.8 Å². The van der Waals surface area contributed by atoms with Crippen LogP contribution < -0.4 is 0 Å². The zero-order valence-corrected chi connectivity index (χ0v) is 12.9. The van der Waals surface area contributed by atoms with Gasteiger partial charge in [0.15, 0.2) is 5.58 Å². The van der Waals surface area contributed by atoms with Gasteiger partial charge in [-0.3, -0.25) is 0 Å². The molecule has 5 aromatic rings. The highest BCUT2D eigenvalue weighted by Gasteiger charge is 2.19. The summed E-state index contributed by atoms with van der Waals surface area (Å²) >= 11 is 0. The number of rotatable bonds is 2. The van der Waals surface area contributed by atoms with E-state index in [0.29, 0.717) is 5.89 Å². The molecule has 2 heterocycles. The van der Waals surface area contributed by atoms with E-state index >= 15 is 0 Å². The summed E-state index contributed by atoms with van der Waals surface area (Å²) in [6, 6.07) is 26.4. The van der Waals surface area contributed by atoms with Crippen molar-refractivity contribution in [3.8, 4) is 22.7 Å². The van der Waals surface area contributed by atoms with E-state index in [1.165, 1.54) is 0 Å². The Bertz CT molecular complexity index is 1120. The lowest BCUT2D eigenvalue weighted by Gasteiger charge is -2.01. The number of hydrogen-bond acceptors (Lipinski definition) is 2. The molecule has 3 heteroatoms. The molecule has 24 heavy (non-hydrogen) atoms. The van der Waals surface area contributed by atoms with Gasteiger partial charge in [0, 0.05) is 10.9 Å². The number of fused-ring (bicyclic) bond motifs is 2. The van der Waals surface area contributed by atoms with Crippen LogP contribution in [0.4, 0.5) is 0 Å². The van der Waals surface area contributed by atoms with E-state index < -0.39 is 0 Å². The molecule has 0 aliphatic heterocycles. The van der Waals surface area contributed by atoms with Gasteiger partial charge in [-0.15, -0.1) is 0 Å². The van der Waals surface area contributed by atoms with Crippen LogP contribution in [0.3, 0.4) is 0 Å². The van der Waals surface area contributed by atoms with E-state index in [0.717, 1.165) is 38.8 Å². The molecule has 0 amide bonds. The number of oxazole rings is 1. The minimum absolute atomic E-state index is 0.646. The second kappa shape index (κ2) is 5.10.